The number of hydrogen-bond acceptors (Lipinski definition) is 2. The number of benzene rings is 1. The third kappa shape index (κ3) is 2.93. The molecule has 0 aliphatic carbocycles. The molecule has 1 saturated heterocycles. The predicted molar refractivity (Wildman–Crippen MR) is 76.9 cm³/mol. The van der Waals surface area contributed by atoms with Crippen LogP contribution in [0.1, 0.15) is 28.8 Å². The van der Waals surface area contributed by atoms with E-state index in [1.54, 1.807) is 0 Å². The molecule has 1 N–H and O–H groups in total. The number of rotatable bonds is 2. The molecule has 2 rings (SSSR count). The standard InChI is InChI=1S/C14H19BrN2O/c1-10-8-11(15)5-6-13(10)14(18)17-7-3-4-12(9-17)16-2/h5-6,8,12,16H,3-4,7,9H2,1-2H3. The first-order valence-electron chi connectivity index (χ1n) is 6.34. The largest absolute Gasteiger partial charge is 0.337 e. The highest BCUT2D eigenvalue weighted by molar-refractivity contribution is 9.10. The van der Waals surface area contributed by atoms with Gasteiger partial charge in [0.15, 0.2) is 0 Å². The van der Waals surface area contributed by atoms with E-state index in [2.05, 4.69) is 21.2 Å². The van der Waals surface area contributed by atoms with Crippen molar-refractivity contribution in [2.45, 2.75) is 25.8 Å². The van der Waals surface area contributed by atoms with Crippen molar-refractivity contribution in [3.8, 4) is 0 Å². The minimum Gasteiger partial charge on any atom is -0.337 e. The van der Waals surface area contributed by atoms with E-state index in [0.29, 0.717) is 6.04 Å². The third-order valence-corrected chi connectivity index (χ3v) is 4.03. The van der Waals surface area contributed by atoms with E-state index in [9.17, 15) is 4.79 Å². The first kappa shape index (κ1) is 13.6. The summed E-state index contributed by atoms with van der Waals surface area (Å²) in [5.74, 6) is 0.153. The fraction of sp³-hybridized carbons (Fsp3) is 0.500. The summed E-state index contributed by atoms with van der Waals surface area (Å²) in [6, 6.07) is 6.26. The van der Waals surface area contributed by atoms with Gasteiger partial charge < -0.3 is 10.2 Å². The van der Waals surface area contributed by atoms with Gasteiger partial charge in [0.2, 0.25) is 0 Å². The number of carbonyl (C=O) groups excluding carboxylic acids is 1. The van der Waals surface area contributed by atoms with Crippen LogP contribution in [0.15, 0.2) is 22.7 Å². The molecule has 1 aliphatic rings. The Balaban J connectivity index is 2.15. The van der Waals surface area contributed by atoms with Gasteiger partial charge in [0.1, 0.15) is 0 Å². The average Bonchev–Trinajstić information content (AvgIpc) is 2.38. The molecule has 1 unspecified atom stereocenters. The van der Waals surface area contributed by atoms with Crippen molar-refractivity contribution in [2.24, 2.45) is 0 Å². The second-order valence-electron chi connectivity index (χ2n) is 4.84. The summed E-state index contributed by atoms with van der Waals surface area (Å²) < 4.78 is 1.02. The number of halogens is 1. The monoisotopic (exact) mass is 310 g/mol. The van der Waals surface area contributed by atoms with Crippen LogP contribution >= 0.6 is 15.9 Å². The fourth-order valence-electron chi connectivity index (χ4n) is 2.43. The number of nitrogens with zero attached hydrogens (tertiary/aromatic N) is 1. The van der Waals surface area contributed by atoms with Crippen LogP contribution in [-0.2, 0) is 0 Å². The Morgan fingerprint density at radius 1 is 1.50 bits per heavy atom. The van der Waals surface area contributed by atoms with Gasteiger partial charge in [-0.15, -0.1) is 0 Å². The molecule has 1 aromatic rings. The van der Waals surface area contributed by atoms with Gasteiger partial charge in [0.25, 0.3) is 5.91 Å². The van der Waals surface area contributed by atoms with Gasteiger partial charge in [-0.2, -0.15) is 0 Å². The molecule has 0 aromatic heterocycles. The second-order valence-corrected chi connectivity index (χ2v) is 5.75. The minimum atomic E-state index is 0.153. The van der Waals surface area contributed by atoms with Crippen molar-refractivity contribution < 1.29 is 4.79 Å². The molecule has 4 heteroatoms. The summed E-state index contributed by atoms with van der Waals surface area (Å²) in [6.07, 6.45) is 2.23. The topological polar surface area (TPSA) is 32.3 Å². The molecule has 0 spiro atoms. The molecule has 1 heterocycles. The smallest absolute Gasteiger partial charge is 0.254 e. The van der Waals surface area contributed by atoms with Crippen molar-refractivity contribution in [2.75, 3.05) is 20.1 Å². The van der Waals surface area contributed by atoms with Gasteiger partial charge in [-0.1, -0.05) is 15.9 Å². The zero-order valence-electron chi connectivity index (χ0n) is 10.9. The van der Waals surface area contributed by atoms with E-state index in [1.165, 1.54) is 0 Å². The molecule has 0 bridgehead atoms. The van der Waals surface area contributed by atoms with Crippen molar-refractivity contribution in [3.05, 3.63) is 33.8 Å². The van der Waals surface area contributed by atoms with Crippen LogP contribution in [0.4, 0.5) is 0 Å². The molecule has 1 amide bonds. The van der Waals surface area contributed by atoms with E-state index in [-0.39, 0.29) is 5.91 Å². The van der Waals surface area contributed by atoms with E-state index in [1.807, 2.05) is 37.1 Å². The highest BCUT2D eigenvalue weighted by Crippen LogP contribution is 2.19. The van der Waals surface area contributed by atoms with Crippen molar-refractivity contribution in [3.63, 3.8) is 0 Å². The van der Waals surface area contributed by atoms with Crippen LogP contribution in [0, 0.1) is 6.92 Å². The lowest BCUT2D eigenvalue weighted by molar-refractivity contribution is 0.0697. The van der Waals surface area contributed by atoms with Crippen molar-refractivity contribution >= 4 is 21.8 Å². The Morgan fingerprint density at radius 2 is 2.28 bits per heavy atom. The summed E-state index contributed by atoms with van der Waals surface area (Å²) >= 11 is 3.43. The summed E-state index contributed by atoms with van der Waals surface area (Å²) in [7, 11) is 1.96. The quantitative estimate of drug-likeness (QED) is 0.910. The molecule has 3 nitrogen and oxygen atoms in total. The molecule has 18 heavy (non-hydrogen) atoms. The molecule has 0 radical (unpaired) electrons. The van der Waals surface area contributed by atoms with Crippen LogP contribution in [0.3, 0.4) is 0 Å². The summed E-state index contributed by atoms with van der Waals surface area (Å²) in [6.45, 7) is 3.66. The molecule has 1 aromatic carbocycles. The van der Waals surface area contributed by atoms with Gasteiger partial charge >= 0.3 is 0 Å². The average molecular weight is 311 g/mol. The summed E-state index contributed by atoms with van der Waals surface area (Å²) in [5.41, 5.74) is 1.84. The second kappa shape index (κ2) is 5.85. The lowest BCUT2D eigenvalue weighted by Crippen LogP contribution is -2.47. The van der Waals surface area contributed by atoms with Gasteiger partial charge in [-0.25, -0.2) is 0 Å². The van der Waals surface area contributed by atoms with Crippen molar-refractivity contribution in [1.82, 2.24) is 10.2 Å². The first-order valence-corrected chi connectivity index (χ1v) is 7.14. The maximum Gasteiger partial charge on any atom is 0.254 e. The van der Waals surface area contributed by atoms with E-state index < -0.39 is 0 Å². The lowest BCUT2D eigenvalue weighted by atomic mass is 10.0. The molecule has 1 aliphatic heterocycles. The summed E-state index contributed by atoms with van der Waals surface area (Å²) in [4.78, 5) is 14.4. The van der Waals surface area contributed by atoms with Crippen LogP contribution in [0.25, 0.3) is 0 Å². The number of likely N-dealkylation sites (N-methyl/N-ethyl adjacent to an activating group) is 1. The third-order valence-electron chi connectivity index (χ3n) is 3.54. The number of piperidine rings is 1. The maximum atomic E-state index is 12.5. The molecule has 1 atom stereocenters. The zero-order valence-corrected chi connectivity index (χ0v) is 12.5. The van der Waals surface area contributed by atoms with Crippen molar-refractivity contribution in [1.29, 1.82) is 0 Å². The number of carbonyl (C=O) groups is 1. The first-order chi connectivity index (χ1) is 8.61. The van der Waals surface area contributed by atoms with E-state index in [0.717, 1.165) is 41.5 Å². The van der Waals surface area contributed by atoms with Crippen LogP contribution < -0.4 is 5.32 Å². The normalized spacial score (nSPS) is 19.9. The molecular weight excluding hydrogens is 292 g/mol. The van der Waals surface area contributed by atoms with E-state index >= 15 is 0 Å². The summed E-state index contributed by atoms with van der Waals surface area (Å²) in [5, 5.41) is 3.26. The number of nitrogens with one attached hydrogen (secondary N) is 1. The van der Waals surface area contributed by atoms with Gasteiger partial charge in [0.05, 0.1) is 0 Å². The minimum absolute atomic E-state index is 0.153. The Labute approximate surface area is 117 Å². The highest BCUT2D eigenvalue weighted by atomic mass is 79.9. The fourth-order valence-corrected chi connectivity index (χ4v) is 2.91. The molecule has 98 valence electrons. The predicted octanol–water partition coefficient (Wildman–Crippen LogP) is 2.58. The van der Waals surface area contributed by atoms with Crippen LogP contribution in [0.5, 0.6) is 0 Å². The van der Waals surface area contributed by atoms with Crippen LogP contribution in [-0.4, -0.2) is 37.0 Å². The number of likely N-dealkylation sites (tertiary alicyclic amines) is 1. The highest BCUT2D eigenvalue weighted by Gasteiger charge is 2.24. The Hall–Kier alpha value is -0.870. The van der Waals surface area contributed by atoms with Gasteiger partial charge in [-0.05, 0) is 50.6 Å². The molecule has 0 saturated carbocycles. The van der Waals surface area contributed by atoms with E-state index in [4.69, 9.17) is 0 Å². The van der Waals surface area contributed by atoms with Gasteiger partial charge in [0, 0.05) is 29.2 Å². The van der Waals surface area contributed by atoms with Crippen LogP contribution in [0.2, 0.25) is 0 Å². The molecule has 1 fully saturated rings. The molecular formula is C14H19BrN2O. The van der Waals surface area contributed by atoms with Gasteiger partial charge in [-0.3, -0.25) is 4.79 Å². The maximum absolute atomic E-state index is 12.5. The number of aryl methyl sites for hydroxylation is 1. The number of amides is 1. The Kier molecular flexibility index (Phi) is 4.40. The zero-order chi connectivity index (χ0) is 13.1. The number of hydrogen-bond donors (Lipinski definition) is 1. The Bertz CT molecular complexity index is 447. The Morgan fingerprint density at radius 3 is 2.94 bits per heavy atom. The lowest BCUT2D eigenvalue weighted by Gasteiger charge is -2.33. The SMILES string of the molecule is CNC1CCCN(C(=O)c2ccc(Br)cc2C)C1.